The van der Waals surface area contributed by atoms with Crippen LogP contribution in [0.2, 0.25) is 0 Å². The summed E-state index contributed by atoms with van der Waals surface area (Å²) in [7, 11) is 1.37. The highest BCUT2D eigenvalue weighted by atomic mass is 16.6. The zero-order valence-corrected chi connectivity index (χ0v) is 7.24. The maximum Gasteiger partial charge on any atom is 0.296 e. The lowest BCUT2D eigenvalue weighted by atomic mass is 10.4. The third kappa shape index (κ3) is 1.70. The fourth-order valence-electron chi connectivity index (χ4n) is 1.05. The topological polar surface area (TPSA) is 64.4 Å². The number of aromatic nitrogens is 1. The minimum atomic E-state index is -0.377. The zero-order valence-electron chi connectivity index (χ0n) is 7.24. The van der Waals surface area contributed by atoms with Crippen LogP contribution in [0.5, 0.6) is 0 Å². The van der Waals surface area contributed by atoms with Crippen molar-refractivity contribution in [2.24, 2.45) is 0 Å². The Kier molecular flexibility index (Phi) is 2.02. The minimum absolute atomic E-state index is 0.267. The van der Waals surface area contributed by atoms with Gasteiger partial charge in [0.25, 0.3) is 5.91 Å². The van der Waals surface area contributed by atoms with E-state index < -0.39 is 0 Å². The second kappa shape index (κ2) is 3.18. The molecule has 1 fully saturated rings. The monoisotopic (exact) mass is 182 g/mol. The highest BCUT2D eigenvalue weighted by molar-refractivity contribution is 5.91. The molecule has 1 aliphatic rings. The molecule has 0 unspecified atom stereocenters. The molecule has 0 aromatic carbocycles. The number of nitrogens with one attached hydrogen (secondary N) is 1. The van der Waals surface area contributed by atoms with Crippen LogP contribution in [0.4, 0.5) is 0 Å². The number of nitrogens with zero attached hydrogens (tertiary/aromatic N) is 1. The molecule has 0 spiro atoms. The third-order valence-electron chi connectivity index (χ3n) is 1.88. The number of hydrogen-bond donors (Lipinski definition) is 1. The summed E-state index contributed by atoms with van der Waals surface area (Å²) in [6, 6.07) is 0. The highest BCUT2D eigenvalue weighted by Gasteiger charge is 2.29. The van der Waals surface area contributed by atoms with Crippen LogP contribution < -0.4 is 5.48 Å². The van der Waals surface area contributed by atoms with Gasteiger partial charge in [-0.25, -0.2) is 10.5 Å². The van der Waals surface area contributed by atoms with E-state index in [2.05, 4.69) is 15.3 Å². The van der Waals surface area contributed by atoms with Crippen molar-refractivity contribution in [3.05, 3.63) is 17.8 Å². The Morgan fingerprint density at radius 1 is 1.77 bits per heavy atom. The minimum Gasteiger partial charge on any atom is -0.448 e. The van der Waals surface area contributed by atoms with Crippen LogP contribution >= 0.6 is 0 Å². The Hall–Kier alpha value is -1.36. The molecule has 0 radical (unpaired) electrons. The van der Waals surface area contributed by atoms with Gasteiger partial charge in [0.1, 0.15) is 6.26 Å². The first-order valence-electron chi connectivity index (χ1n) is 4.10. The number of carbonyl (C=O) groups is 1. The summed E-state index contributed by atoms with van der Waals surface area (Å²) in [5.74, 6) is 0.698. The first-order valence-corrected chi connectivity index (χ1v) is 4.10. The molecule has 1 aliphatic carbocycles. The summed E-state index contributed by atoms with van der Waals surface area (Å²) < 4.78 is 5.13. The molecule has 0 bridgehead atoms. The summed E-state index contributed by atoms with van der Waals surface area (Å²) in [6.45, 7) is 0. The van der Waals surface area contributed by atoms with Gasteiger partial charge in [0.15, 0.2) is 11.6 Å². The molecule has 5 nitrogen and oxygen atoms in total. The molecule has 1 aromatic heterocycles. The lowest BCUT2D eigenvalue weighted by Gasteiger charge is -1.95. The molecule has 1 aromatic rings. The number of hydroxylamine groups is 1. The highest BCUT2D eigenvalue weighted by Crippen LogP contribution is 2.39. The van der Waals surface area contributed by atoms with Crippen molar-refractivity contribution in [1.29, 1.82) is 0 Å². The maximum atomic E-state index is 11.1. The van der Waals surface area contributed by atoms with Crippen molar-refractivity contribution in [2.45, 2.75) is 18.8 Å². The van der Waals surface area contributed by atoms with E-state index in [1.807, 2.05) is 0 Å². The zero-order chi connectivity index (χ0) is 9.26. The van der Waals surface area contributed by atoms with Crippen LogP contribution in [-0.4, -0.2) is 18.0 Å². The van der Waals surface area contributed by atoms with Crippen molar-refractivity contribution >= 4 is 5.91 Å². The van der Waals surface area contributed by atoms with E-state index in [0.29, 0.717) is 11.8 Å². The first-order chi connectivity index (χ1) is 6.31. The number of hydrogen-bond acceptors (Lipinski definition) is 4. The van der Waals surface area contributed by atoms with Gasteiger partial charge in [0.05, 0.1) is 7.11 Å². The van der Waals surface area contributed by atoms with E-state index in [1.165, 1.54) is 13.4 Å². The average molecular weight is 182 g/mol. The van der Waals surface area contributed by atoms with Gasteiger partial charge in [0, 0.05) is 5.92 Å². The SMILES string of the molecule is CONC(=O)c1coc(C2CC2)n1. The number of rotatable bonds is 3. The van der Waals surface area contributed by atoms with Crippen LogP contribution in [-0.2, 0) is 4.84 Å². The number of amides is 1. The number of carbonyl (C=O) groups excluding carboxylic acids is 1. The summed E-state index contributed by atoms with van der Waals surface area (Å²) in [4.78, 5) is 19.6. The van der Waals surface area contributed by atoms with E-state index in [4.69, 9.17) is 4.42 Å². The molecule has 13 heavy (non-hydrogen) atoms. The fraction of sp³-hybridized carbons (Fsp3) is 0.500. The molecule has 1 amide bonds. The van der Waals surface area contributed by atoms with Crippen LogP contribution in [0.15, 0.2) is 10.7 Å². The standard InChI is InChI=1S/C8H10N2O3/c1-12-10-7(11)6-4-13-8(9-6)5-2-3-5/h4-5H,2-3H2,1H3,(H,10,11). The first kappa shape index (κ1) is 8.25. The summed E-state index contributed by atoms with van der Waals surface area (Å²) in [5, 5.41) is 0. The molecule has 1 heterocycles. The molecule has 0 saturated heterocycles. The molecule has 0 atom stereocenters. The summed E-state index contributed by atoms with van der Waals surface area (Å²) >= 11 is 0. The van der Waals surface area contributed by atoms with Crippen molar-refractivity contribution in [2.75, 3.05) is 7.11 Å². The Morgan fingerprint density at radius 3 is 3.15 bits per heavy atom. The molecule has 0 aliphatic heterocycles. The van der Waals surface area contributed by atoms with Gasteiger partial charge in [-0.15, -0.1) is 0 Å². The van der Waals surface area contributed by atoms with Gasteiger partial charge in [-0.2, -0.15) is 0 Å². The van der Waals surface area contributed by atoms with Gasteiger partial charge in [-0.1, -0.05) is 0 Å². The second-order valence-electron chi connectivity index (χ2n) is 2.98. The lowest BCUT2D eigenvalue weighted by molar-refractivity contribution is 0.0532. The Bertz CT molecular complexity index is 317. The average Bonchev–Trinajstić information content (AvgIpc) is 2.84. The van der Waals surface area contributed by atoms with E-state index in [-0.39, 0.29) is 11.6 Å². The van der Waals surface area contributed by atoms with Gasteiger partial charge in [0.2, 0.25) is 0 Å². The molecular weight excluding hydrogens is 172 g/mol. The number of oxazole rings is 1. The van der Waals surface area contributed by atoms with Crippen molar-refractivity contribution < 1.29 is 14.0 Å². The largest absolute Gasteiger partial charge is 0.448 e. The van der Waals surface area contributed by atoms with E-state index in [9.17, 15) is 4.79 Å². The molecular formula is C8H10N2O3. The maximum absolute atomic E-state index is 11.1. The molecule has 2 rings (SSSR count). The normalized spacial score (nSPS) is 15.8. The Morgan fingerprint density at radius 2 is 2.54 bits per heavy atom. The molecule has 5 heteroatoms. The van der Waals surface area contributed by atoms with Gasteiger partial charge < -0.3 is 4.42 Å². The second-order valence-corrected chi connectivity index (χ2v) is 2.98. The quantitative estimate of drug-likeness (QED) is 0.703. The van der Waals surface area contributed by atoms with Crippen molar-refractivity contribution in [3.8, 4) is 0 Å². The third-order valence-corrected chi connectivity index (χ3v) is 1.88. The lowest BCUT2D eigenvalue weighted by Crippen LogP contribution is -2.22. The fourth-order valence-corrected chi connectivity index (χ4v) is 1.05. The Balaban J connectivity index is 2.07. The van der Waals surface area contributed by atoms with Gasteiger partial charge >= 0.3 is 0 Å². The Labute approximate surface area is 75.0 Å². The van der Waals surface area contributed by atoms with E-state index in [0.717, 1.165) is 12.8 Å². The van der Waals surface area contributed by atoms with Gasteiger partial charge in [-0.05, 0) is 12.8 Å². The van der Waals surface area contributed by atoms with Crippen molar-refractivity contribution in [1.82, 2.24) is 10.5 Å². The summed E-state index contributed by atoms with van der Waals surface area (Å²) in [5.41, 5.74) is 2.44. The van der Waals surface area contributed by atoms with Crippen LogP contribution in [0.25, 0.3) is 0 Å². The van der Waals surface area contributed by atoms with E-state index >= 15 is 0 Å². The van der Waals surface area contributed by atoms with E-state index in [1.54, 1.807) is 0 Å². The van der Waals surface area contributed by atoms with Crippen LogP contribution in [0.1, 0.15) is 35.1 Å². The smallest absolute Gasteiger partial charge is 0.296 e. The van der Waals surface area contributed by atoms with Crippen LogP contribution in [0, 0.1) is 0 Å². The predicted octanol–water partition coefficient (Wildman–Crippen LogP) is 0.843. The predicted molar refractivity (Wildman–Crippen MR) is 43.0 cm³/mol. The molecule has 1 N–H and O–H groups in total. The molecule has 70 valence electrons. The van der Waals surface area contributed by atoms with Gasteiger partial charge in [-0.3, -0.25) is 9.63 Å². The van der Waals surface area contributed by atoms with Crippen LogP contribution in [0.3, 0.4) is 0 Å². The summed E-state index contributed by atoms with van der Waals surface area (Å²) in [6.07, 6.45) is 3.56. The van der Waals surface area contributed by atoms with Crippen molar-refractivity contribution in [3.63, 3.8) is 0 Å². The molecule has 1 saturated carbocycles.